The molecule has 0 aliphatic carbocycles. The summed E-state index contributed by atoms with van der Waals surface area (Å²) < 4.78 is 0. The molecular weight excluding hydrogens is 326 g/mol. The van der Waals surface area contributed by atoms with Crippen LogP contribution in [0.1, 0.15) is 23.4 Å². The number of rotatable bonds is 4. The SMILES string of the molecule is Cc1ccc(CC2CCN(Cc3nc4ccc(O)cc4[nH]3)CC2O)cc1. The Bertz CT molecular complexity index is 888. The molecule has 3 aromatic rings. The van der Waals surface area contributed by atoms with Gasteiger partial charge in [0.05, 0.1) is 23.7 Å². The van der Waals surface area contributed by atoms with Crippen molar-refractivity contribution < 1.29 is 10.2 Å². The minimum atomic E-state index is -0.321. The maximum absolute atomic E-state index is 10.6. The first-order valence-electron chi connectivity index (χ1n) is 9.20. The molecule has 1 aliphatic rings. The number of aliphatic hydroxyl groups is 1. The van der Waals surface area contributed by atoms with Crippen LogP contribution >= 0.6 is 0 Å². The lowest BCUT2D eigenvalue weighted by Crippen LogP contribution is -2.44. The first-order chi connectivity index (χ1) is 12.6. The predicted molar refractivity (Wildman–Crippen MR) is 102 cm³/mol. The van der Waals surface area contributed by atoms with Crippen molar-refractivity contribution in [3.05, 3.63) is 59.4 Å². The number of piperidine rings is 1. The Morgan fingerprint density at radius 1 is 1.19 bits per heavy atom. The van der Waals surface area contributed by atoms with Crippen LogP contribution in [0.5, 0.6) is 5.75 Å². The topological polar surface area (TPSA) is 72.4 Å². The van der Waals surface area contributed by atoms with Gasteiger partial charge >= 0.3 is 0 Å². The van der Waals surface area contributed by atoms with E-state index in [1.807, 2.05) is 6.07 Å². The number of aryl methyl sites for hydroxylation is 1. The molecule has 0 saturated carbocycles. The van der Waals surface area contributed by atoms with E-state index >= 15 is 0 Å². The summed E-state index contributed by atoms with van der Waals surface area (Å²) >= 11 is 0. The van der Waals surface area contributed by atoms with E-state index in [4.69, 9.17) is 0 Å². The Morgan fingerprint density at radius 2 is 2.00 bits per heavy atom. The smallest absolute Gasteiger partial charge is 0.121 e. The van der Waals surface area contributed by atoms with E-state index < -0.39 is 0 Å². The van der Waals surface area contributed by atoms with E-state index in [-0.39, 0.29) is 11.9 Å². The van der Waals surface area contributed by atoms with Crippen molar-refractivity contribution in [2.24, 2.45) is 5.92 Å². The molecule has 3 N–H and O–H groups in total. The van der Waals surface area contributed by atoms with Crippen LogP contribution < -0.4 is 0 Å². The lowest BCUT2D eigenvalue weighted by molar-refractivity contribution is 0.0179. The van der Waals surface area contributed by atoms with Gasteiger partial charge in [0.1, 0.15) is 11.6 Å². The largest absolute Gasteiger partial charge is 0.508 e. The van der Waals surface area contributed by atoms with E-state index in [1.165, 1.54) is 11.1 Å². The molecule has 136 valence electrons. The third-order valence-corrected chi connectivity index (χ3v) is 5.31. The molecule has 0 amide bonds. The van der Waals surface area contributed by atoms with Crippen molar-refractivity contribution >= 4 is 11.0 Å². The number of H-pyrrole nitrogens is 1. The molecule has 2 aromatic carbocycles. The maximum atomic E-state index is 10.6. The molecule has 5 nitrogen and oxygen atoms in total. The van der Waals surface area contributed by atoms with Crippen molar-refractivity contribution in [3.8, 4) is 5.75 Å². The highest BCUT2D eigenvalue weighted by Crippen LogP contribution is 2.24. The van der Waals surface area contributed by atoms with Crippen LogP contribution in [0.3, 0.4) is 0 Å². The van der Waals surface area contributed by atoms with E-state index in [0.717, 1.165) is 36.2 Å². The summed E-state index contributed by atoms with van der Waals surface area (Å²) in [6.45, 7) is 4.40. The molecular formula is C21H25N3O2. The second kappa shape index (κ2) is 7.09. The lowest BCUT2D eigenvalue weighted by Gasteiger charge is -2.35. The molecule has 0 spiro atoms. The zero-order chi connectivity index (χ0) is 18.1. The first kappa shape index (κ1) is 17.1. The number of imidazole rings is 1. The number of fused-ring (bicyclic) bond motifs is 1. The number of β-amino-alcohol motifs (C(OH)–C–C–N with tert-alkyl or cyclic N) is 1. The number of aromatic hydroxyl groups is 1. The summed E-state index contributed by atoms with van der Waals surface area (Å²) in [5, 5.41) is 20.2. The predicted octanol–water partition coefficient (Wildman–Crippen LogP) is 3.00. The van der Waals surface area contributed by atoms with Crippen molar-refractivity contribution in [3.63, 3.8) is 0 Å². The molecule has 1 fully saturated rings. The van der Waals surface area contributed by atoms with Gasteiger partial charge in [0.25, 0.3) is 0 Å². The molecule has 1 saturated heterocycles. The number of hydrogen-bond donors (Lipinski definition) is 3. The number of benzene rings is 2. The summed E-state index contributed by atoms with van der Waals surface area (Å²) in [5.41, 5.74) is 4.26. The van der Waals surface area contributed by atoms with Crippen LogP contribution in [0.2, 0.25) is 0 Å². The fraction of sp³-hybridized carbons (Fsp3) is 0.381. The van der Waals surface area contributed by atoms with E-state index in [9.17, 15) is 10.2 Å². The molecule has 1 aliphatic heterocycles. The molecule has 2 atom stereocenters. The zero-order valence-corrected chi connectivity index (χ0v) is 15.0. The number of aromatic amines is 1. The third kappa shape index (κ3) is 3.74. The molecule has 5 heteroatoms. The summed E-state index contributed by atoms with van der Waals surface area (Å²) in [7, 11) is 0. The standard InChI is InChI=1S/C21H25N3O2/c1-14-2-4-15(5-3-14)10-16-8-9-24(12-20(16)26)13-21-22-18-7-6-17(25)11-19(18)23-21/h2-7,11,16,20,25-26H,8-10,12-13H2,1H3,(H,22,23). The van der Waals surface area contributed by atoms with Gasteiger partial charge in [-0.2, -0.15) is 0 Å². The van der Waals surface area contributed by atoms with E-state index in [1.54, 1.807) is 12.1 Å². The molecule has 0 radical (unpaired) electrons. The van der Waals surface area contributed by atoms with Gasteiger partial charge < -0.3 is 15.2 Å². The first-order valence-corrected chi connectivity index (χ1v) is 9.20. The van der Waals surface area contributed by atoms with Gasteiger partial charge in [-0.3, -0.25) is 4.90 Å². The van der Waals surface area contributed by atoms with Crippen LogP contribution in [-0.2, 0) is 13.0 Å². The van der Waals surface area contributed by atoms with Gasteiger partial charge in [0.15, 0.2) is 0 Å². The number of aromatic nitrogens is 2. The van der Waals surface area contributed by atoms with Gasteiger partial charge in [-0.15, -0.1) is 0 Å². The molecule has 0 bridgehead atoms. The van der Waals surface area contributed by atoms with Crippen LogP contribution in [0.15, 0.2) is 42.5 Å². The van der Waals surface area contributed by atoms with Crippen LogP contribution in [0, 0.1) is 12.8 Å². The Labute approximate surface area is 153 Å². The normalized spacial score (nSPS) is 21.3. The summed E-state index contributed by atoms with van der Waals surface area (Å²) in [6.07, 6.45) is 1.59. The highest BCUT2D eigenvalue weighted by Gasteiger charge is 2.28. The number of phenolic OH excluding ortho intramolecular Hbond substituents is 1. The lowest BCUT2D eigenvalue weighted by atomic mass is 9.87. The number of nitrogens with zero attached hydrogens (tertiary/aromatic N) is 2. The number of aliphatic hydroxyl groups excluding tert-OH is 1. The monoisotopic (exact) mass is 351 g/mol. The van der Waals surface area contributed by atoms with Crippen LogP contribution in [-0.4, -0.2) is 44.3 Å². The average Bonchev–Trinajstić information content (AvgIpc) is 3.00. The number of nitrogens with one attached hydrogen (secondary N) is 1. The van der Waals surface area contributed by atoms with Crippen LogP contribution in [0.4, 0.5) is 0 Å². The Hall–Kier alpha value is -2.37. The quantitative estimate of drug-likeness (QED) is 0.676. The van der Waals surface area contributed by atoms with Gasteiger partial charge in [-0.1, -0.05) is 29.8 Å². The van der Waals surface area contributed by atoms with Gasteiger partial charge in [0, 0.05) is 12.6 Å². The van der Waals surface area contributed by atoms with Crippen molar-refractivity contribution in [1.29, 1.82) is 0 Å². The zero-order valence-electron chi connectivity index (χ0n) is 15.0. The Morgan fingerprint density at radius 3 is 2.77 bits per heavy atom. The minimum Gasteiger partial charge on any atom is -0.508 e. The fourth-order valence-electron chi connectivity index (χ4n) is 3.79. The van der Waals surface area contributed by atoms with Crippen LogP contribution in [0.25, 0.3) is 11.0 Å². The maximum Gasteiger partial charge on any atom is 0.121 e. The minimum absolute atomic E-state index is 0.236. The average molecular weight is 351 g/mol. The highest BCUT2D eigenvalue weighted by molar-refractivity contribution is 5.76. The fourth-order valence-corrected chi connectivity index (χ4v) is 3.79. The summed E-state index contributed by atoms with van der Waals surface area (Å²) in [5.74, 6) is 1.41. The van der Waals surface area contributed by atoms with Gasteiger partial charge in [0.2, 0.25) is 0 Å². The van der Waals surface area contributed by atoms with Gasteiger partial charge in [-0.05, 0) is 49.9 Å². The molecule has 26 heavy (non-hydrogen) atoms. The molecule has 2 heterocycles. The molecule has 2 unspecified atom stereocenters. The number of phenols is 1. The van der Waals surface area contributed by atoms with Gasteiger partial charge in [-0.25, -0.2) is 4.98 Å². The molecule has 1 aromatic heterocycles. The Kier molecular flexibility index (Phi) is 4.66. The third-order valence-electron chi connectivity index (χ3n) is 5.31. The number of likely N-dealkylation sites (tertiary alicyclic amines) is 1. The van der Waals surface area contributed by atoms with E-state index in [2.05, 4.69) is 46.1 Å². The molecule has 4 rings (SSSR count). The second-order valence-corrected chi connectivity index (χ2v) is 7.43. The van der Waals surface area contributed by atoms with Crippen molar-refractivity contribution in [1.82, 2.24) is 14.9 Å². The summed E-state index contributed by atoms with van der Waals surface area (Å²) in [6, 6.07) is 13.7. The highest BCUT2D eigenvalue weighted by atomic mass is 16.3. The Balaban J connectivity index is 1.37. The second-order valence-electron chi connectivity index (χ2n) is 7.43. The summed E-state index contributed by atoms with van der Waals surface area (Å²) in [4.78, 5) is 10.1. The van der Waals surface area contributed by atoms with E-state index in [0.29, 0.717) is 19.0 Å². The van der Waals surface area contributed by atoms with Crippen molar-refractivity contribution in [2.45, 2.75) is 32.4 Å². The van der Waals surface area contributed by atoms with Crippen molar-refractivity contribution in [2.75, 3.05) is 13.1 Å². The number of hydrogen-bond acceptors (Lipinski definition) is 4.